The Morgan fingerprint density at radius 1 is 1.56 bits per heavy atom. The molecule has 3 heteroatoms. The maximum absolute atomic E-state index is 10.7. The molecule has 0 aromatic rings. The first kappa shape index (κ1) is 8.43. The average molecular weight is 131 g/mol. The fraction of sp³-hybridized carbons (Fsp3) is 0.833. The highest BCUT2D eigenvalue weighted by molar-refractivity contribution is 5.74. The van der Waals surface area contributed by atoms with Crippen LogP contribution in [0, 0.1) is 0 Å². The van der Waals surface area contributed by atoms with Gasteiger partial charge in [-0.3, -0.25) is 9.69 Å². The molecular weight excluding hydrogens is 118 g/mol. The summed E-state index contributed by atoms with van der Waals surface area (Å²) >= 11 is 0. The number of nitrogens with zero attached hydrogens (tertiary/aromatic N) is 1. The quantitative estimate of drug-likeness (QED) is 0.498. The van der Waals surface area contributed by atoms with E-state index in [4.69, 9.17) is 0 Å². The van der Waals surface area contributed by atoms with Gasteiger partial charge in [-0.05, 0) is 21.0 Å². The first-order chi connectivity index (χ1) is 4.09. The highest BCUT2D eigenvalue weighted by Crippen LogP contribution is 1.92. The van der Waals surface area contributed by atoms with Crippen molar-refractivity contribution in [3.05, 3.63) is 0 Å². The second kappa shape index (κ2) is 3.45. The summed E-state index contributed by atoms with van der Waals surface area (Å²) in [5.41, 5.74) is 0. The summed E-state index contributed by atoms with van der Waals surface area (Å²) in [7, 11) is 5.06. The van der Waals surface area contributed by atoms with Crippen LogP contribution in [0.2, 0.25) is 0 Å². The van der Waals surface area contributed by atoms with Crippen LogP contribution >= 0.6 is 0 Å². The minimum atomic E-state index is -0.194. The van der Waals surface area contributed by atoms with Gasteiger partial charge in [0.2, 0.25) is 0 Å². The Morgan fingerprint density at radius 2 is 2.00 bits per heavy atom. The Hall–Kier alpha value is -0.570. The predicted molar refractivity (Wildman–Crippen MR) is 35.2 cm³/mol. The van der Waals surface area contributed by atoms with E-state index in [1.54, 1.807) is 11.8 Å². The van der Waals surface area contributed by atoms with Crippen molar-refractivity contribution in [2.75, 3.05) is 21.2 Å². The lowest BCUT2D eigenvalue weighted by molar-refractivity contribution is -0.145. The molecule has 54 valence electrons. The fourth-order valence-electron chi connectivity index (χ4n) is 0.381. The minimum Gasteiger partial charge on any atom is -0.468 e. The molecule has 0 saturated heterocycles. The zero-order valence-corrected chi connectivity index (χ0v) is 6.34. The van der Waals surface area contributed by atoms with Crippen LogP contribution in [-0.4, -0.2) is 38.1 Å². The van der Waals surface area contributed by atoms with Crippen molar-refractivity contribution in [3.8, 4) is 0 Å². The Labute approximate surface area is 55.6 Å². The van der Waals surface area contributed by atoms with E-state index >= 15 is 0 Å². The third-order valence-corrected chi connectivity index (χ3v) is 1.32. The van der Waals surface area contributed by atoms with Crippen LogP contribution in [0.1, 0.15) is 6.92 Å². The molecule has 0 fully saturated rings. The van der Waals surface area contributed by atoms with Crippen molar-refractivity contribution < 1.29 is 9.53 Å². The lowest BCUT2D eigenvalue weighted by Crippen LogP contribution is -2.33. The molecule has 0 aromatic carbocycles. The maximum atomic E-state index is 10.7. The molecule has 0 aliphatic heterocycles. The molecule has 0 aliphatic rings. The second-order valence-corrected chi connectivity index (χ2v) is 2.16. The van der Waals surface area contributed by atoms with Crippen molar-refractivity contribution >= 4 is 5.97 Å². The smallest absolute Gasteiger partial charge is 0.322 e. The van der Waals surface area contributed by atoms with Gasteiger partial charge in [0.05, 0.1) is 7.11 Å². The molecule has 9 heavy (non-hydrogen) atoms. The van der Waals surface area contributed by atoms with Crippen molar-refractivity contribution in [2.24, 2.45) is 0 Å². The lowest BCUT2D eigenvalue weighted by atomic mass is 10.3. The summed E-state index contributed by atoms with van der Waals surface area (Å²) in [5.74, 6) is -0.194. The zero-order chi connectivity index (χ0) is 7.44. The molecule has 1 atom stereocenters. The number of likely N-dealkylation sites (N-methyl/N-ethyl adjacent to an activating group) is 1. The van der Waals surface area contributed by atoms with Gasteiger partial charge in [0.1, 0.15) is 6.04 Å². The van der Waals surface area contributed by atoms with Crippen LogP contribution in [0.4, 0.5) is 0 Å². The van der Waals surface area contributed by atoms with E-state index < -0.39 is 0 Å². The van der Waals surface area contributed by atoms with Crippen LogP contribution in [0.25, 0.3) is 0 Å². The number of methoxy groups -OCH3 is 1. The number of esters is 1. The zero-order valence-electron chi connectivity index (χ0n) is 6.34. The van der Waals surface area contributed by atoms with Crippen molar-refractivity contribution in [1.82, 2.24) is 4.90 Å². The Kier molecular flexibility index (Phi) is 3.24. The standard InChI is InChI=1S/C6H13NO2/c1-5(7(2)3)6(8)9-4/h5H,1-4H3. The monoisotopic (exact) mass is 131 g/mol. The summed E-state index contributed by atoms with van der Waals surface area (Å²) in [6.45, 7) is 1.80. The molecule has 0 heterocycles. The molecule has 0 aromatic heterocycles. The highest BCUT2D eigenvalue weighted by atomic mass is 16.5. The van der Waals surface area contributed by atoms with Gasteiger partial charge in [-0.15, -0.1) is 0 Å². The summed E-state index contributed by atoms with van der Waals surface area (Å²) in [5, 5.41) is 0. The maximum Gasteiger partial charge on any atom is 0.322 e. The van der Waals surface area contributed by atoms with Gasteiger partial charge in [-0.25, -0.2) is 0 Å². The summed E-state index contributed by atoms with van der Waals surface area (Å²) < 4.78 is 4.49. The molecule has 0 rings (SSSR count). The second-order valence-electron chi connectivity index (χ2n) is 2.16. The number of hydrogen-bond acceptors (Lipinski definition) is 3. The molecule has 0 N–H and O–H groups in total. The highest BCUT2D eigenvalue weighted by Gasteiger charge is 2.13. The molecule has 0 saturated carbocycles. The number of rotatable bonds is 2. The molecule has 0 spiro atoms. The van der Waals surface area contributed by atoms with E-state index in [1.807, 2.05) is 14.1 Å². The number of carbonyl (C=O) groups is 1. The topological polar surface area (TPSA) is 29.5 Å². The Morgan fingerprint density at radius 3 is 2.11 bits per heavy atom. The van der Waals surface area contributed by atoms with E-state index in [0.717, 1.165) is 0 Å². The van der Waals surface area contributed by atoms with E-state index in [1.165, 1.54) is 7.11 Å². The normalized spacial score (nSPS) is 13.4. The number of carbonyl (C=O) groups excluding carboxylic acids is 1. The first-order valence-corrected chi connectivity index (χ1v) is 2.84. The third kappa shape index (κ3) is 2.46. The van der Waals surface area contributed by atoms with E-state index in [0.29, 0.717) is 0 Å². The summed E-state index contributed by atoms with van der Waals surface area (Å²) in [4.78, 5) is 12.5. The summed E-state index contributed by atoms with van der Waals surface area (Å²) in [6.07, 6.45) is 0. The van der Waals surface area contributed by atoms with Crippen LogP contribution in [-0.2, 0) is 9.53 Å². The van der Waals surface area contributed by atoms with Crippen LogP contribution in [0.3, 0.4) is 0 Å². The van der Waals surface area contributed by atoms with Gasteiger partial charge in [-0.2, -0.15) is 0 Å². The molecule has 0 aliphatic carbocycles. The molecule has 3 nitrogen and oxygen atoms in total. The molecule has 1 unspecified atom stereocenters. The largest absolute Gasteiger partial charge is 0.468 e. The Balaban J connectivity index is 3.72. The van der Waals surface area contributed by atoms with Gasteiger partial charge in [0.15, 0.2) is 0 Å². The van der Waals surface area contributed by atoms with Crippen LogP contribution in [0.5, 0.6) is 0 Å². The van der Waals surface area contributed by atoms with Gasteiger partial charge in [0.25, 0.3) is 0 Å². The van der Waals surface area contributed by atoms with Gasteiger partial charge in [0, 0.05) is 0 Å². The van der Waals surface area contributed by atoms with E-state index in [-0.39, 0.29) is 12.0 Å². The lowest BCUT2D eigenvalue weighted by Gasteiger charge is -2.16. The first-order valence-electron chi connectivity index (χ1n) is 2.84. The van der Waals surface area contributed by atoms with Crippen molar-refractivity contribution in [2.45, 2.75) is 13.0 Å². The van der Waals surface area contributed by atoms with E-state index in [2.05, 4.69) is 4.74 Å². The molecule has 0 amide bonds. The molecular formula is C6H13NO2. The molecule has 0 radical (unpaired) electrons. The SMILES string of the molecule is COC(=O)C(C)N(C)C. The third-order valence-electron chi connectivity index (χ3n) is 1.32. The number of ether oxygens (including phenoxy) is 1. The van der Waals surface area contributed by atoms with E-state index in [9.17, 15) is 4.79 Å². The fourth-order valence-corrected chi connectivity index (χ4v) is 0.381. The summed E-state index contributed by atoms with van der Waals surface area (Å²) in [6, 6.07) is -0.144. The van der Waals surface area contributed by atoms with Crippen molar-refractivity contribution in [1.29, 1.82) is 0 Å². The van der Waals surface area contributed by atoms with Crippen molar-refractivity contribution in [3.63, 3.8) is 0 Å². The van der Waals surface area contributed by atoms with Crippen LogP contribution < -0.4 is 0 Å². The average Bonchev–Trinajstić information content (AvgIpc) is 1.84. The molecule has 0 bridgehead atoms. The Bertz CT molecular complexity index is 101. The van der Waals surface area contributed by atoms with Gasteiger partial charge < -0.3 is 4.74 Å². The van der Waals surface area contributed by atoms with Gasteiger partial charge >= 0.3 is 5.97 Å². The minimum absolute atomic E-state index is 0.144. The van der Waals surface area contributed by atoms with Gasteiger partial charge in [-0.1, -0.05) is 0 Å². The number of hydrogen-bond donors (Lipinski definition) is 0. The predicted octanol–water partition coefficient (Wildman–Crippen LogP) is 0.109. The van der Waals surface area contributed by atoms with Crippen LogP contribution in [0.15, 0.2) is 0 Å².